The van der Waals surface area contributed by atoms with Crippen LogP contribution in [-0.4, -0.2) is 38.7 Å². The molecule has 7 heteroatoms. The fourth-order valence-electron chi connectivity index (χ4n) is 4.01. The van der Waals surface area contributed by atoms with Gasteiger partial charge in [-0.25, -0.2) is 0 Å². The summed E-state index contributed by atoms with van der Waals surface area (Å²) in [6.45, 7) is 4.18. The summed E-state index contributed by atoms with van der Waals surface area (Å²) in [7, 11) is 6.12. The van der Waals surface area contributed by atoms with E-state index in [1.54, 1.807) is 7.11 Å². The van der Waals surface area contributed by atoms with Gasteiger partial charge in [-0.15, -0.1) is 0 Å². The molecular weight excluding hydrogens is 448 g/mol. The molecule has 0 radical (unpaired) electrons. The van der Waals surface area contributed by atoms with Crippen LogP contribution in [0.4, 0.5) is 0 Å². The normalized spacial score (nSPS) is 11.6. The van der Waals surface area contributed by atoms with Crippen molar-refractivity contribution in [2.75, 3.05) is 28.4 Å². The topological polar surface area (TPSA) is 86.6 Å². The molecule has 3 aromatic rings. The lowest BCUT2D eigenvalue weighted by molar-refractivity contribution is 0.338. The molecule has 0 saturated carbocycles. The van der Waals surface area contributed by atoms with E-state index in [-0.39, 0.29) is 17.4 Å². The summed E-state index contributed by atoms with van der Waals surface area (Å²) in [4.78, 5) is 0. The van der Waals surface area contributed by atoms with Crippen molar-refractivity contribution in [1.82, 2.24) is 0 Å². The lowest BCUT2D eigenvalue weighted by Crippen LogP contribution is -2.01. The lowest BCUT2D eigenvalue weighted by Gasteiger charge is -2.18. The highest BCUT2D eigenvalue weighted by Crippen LogP contribution is 2.43. The first-order valence-corrected chi connectivity index (χ1v) is 11.5. The van der Waals surface area contributed by atoms with E-state index in [2.05, 4.69) is 13.8 Å². The molecule has 0 heterocycles. The predicted octanol–water partition coefficient (Wildman–Crippen LogP) is 6.22. The summed E-state index contributed by atoms with van der Waals surface area (Å²) in [6, 6.07) is 13.0. The highest BCUT2D eigenvalue weighted by molar-refractivity contribution is 5.56. The molecule has 0 aromatic heterocycles. The molecule has 2 N–H and O–H groups in total. The van der Waals surface area contributed by atoms with Crippen LogP contribution in [0.5, 0.6) is 46.0 Å². The largest absolute Gasteiger partial charge is 0.502 e. The van der Waals surface area contributed by atoms with Gasteiger partial charge in [-0.1, -0.05) is 26.3 Å². The summed E-state index contributed by atoms with van der Waals surface area (Å²) in [6.07, 6.45) is 2.51. The molecule has 0 bridgehead atoms. The van der Waals surface area contributed by atoms with Crippen LogP contribution in [-0.2, 0) is 12.8 Å². The Hall–Kier alpha value is -3.74. The van der Waals surface area contributed by atoms with Crippen molar-refractivity contribution < 1.29 is 33.9 Å². The van der Waals surface area contributed by atoms with Gasteiger partial charge in [0.05, 0.1) is 28.4 Å². The van der Waals surface area contributed by atoms with E-state index < -0.39 is 0 Å². The predicted molar refractivity (Wildman–Crippen MR) is 135 cm³/mol. The summed E-state index contributed by atoms with van der Waals surface area (Å²) in [5, 5.41) is 20.8. The van der Waals surface area contributed by atoms with Crippen LogP contribution in [0.2, 0.25) is 0 Å². The maximum Gasteiger partial charge on any atom is 0.201 e. The molecule has 0 aliphatic heterocycles. The quantitative estimate of drug-likeness (QED) is 0.335. The van der Waals surface area contributed by atoms with Gasteiger partial charge in [0.25, 0.3) is 0 Å². The molecule has 3 rings (SSSR count). The molecule has 1 atom stereocenters. The third-order valence-corrected chi connectivity index (χ3v) is 5.92. The number of rotatable bonds is 11. The third kappa shape index (κ3) is 5.85. The van der Waals surface area contributed by atoms with Gasteiger partial charge >= 0.3 is 0 Å². The van der Waals surface area contributed by atoms with E-state index in [1.165, 1.54) is 21.3 Å². The average molecular weight is 483 g/mol. The van der Waals surface area contributed by atoms with E-state index in [0.717, 1.165) is 29.5 Å². The zero-order valence-corrected chi connectivity index (χ0v) is 21.2. The van der Waals surface area contributed by atoms with E-state index in [0.29, 0.717) is 40.9 Å². The molecule has 0 spiro atoms. The molecule has 35 heavy (non-hydrogen) atoms. The summed E-state index contributed by atoms with van der Waals surface area (Å²) < 4.78 is 27.6. The minimum absolute atomic E-state index is 0.0167. The van der Waals surface area contributed by atoms with Crippen LogP contribution < -0.4 is 23.7 Å². The van der Waals surface area contributed by atoms with Gasteiger partial charge in [-0.3, -0.25) is 0 Å². The van der Waals surface area contributed by atoms with Crippen molar-refractivity contribution in [3.8, 4) is 46.0 Å². The Morgan fingerprint density at radius 3 is 1.74 bits per heavy atom. The van der Waals surface area contributed by atoms with Gasteiger partial charge in [0, 0.05) is 0 Å². The zero-order valence-electron chi connectivity index (χ0n) is 21.2. The van der Waals surface area contributed by atoms with Gasteiger partial charge in [0.1, 0.15) is 0 Å². The smallest absolute Gasteiger partial charge is 0.201 e. The Labute approximate surface area is 206 Å². The van der Waals surface area contributed by atoms with Crippen molar-refractivity contribution in [2.45, 2.75) is 39.0 Å². The van der Waals surface area contributed by atoms with Crippen LogP contribution >= 0.6 is 0 Å². The number of aromatic hydroxyl groups is 2. The summed E-state index contributed by atoms with van der Waals surface area (Å²) in [5.41, 5.74) is 3.02. The second kappa shape index (κ2) is 11.6. The average Bonchev–Trinajstić information content (AvgIpc) is 2.86. The van der Waals surface area contributed by atoms with Crippen molar-refractivity contribution in [2.24, 2.45) is 0 Å². The molecule has 3 aromatic carbocycles. The molecule has 188 valence electrons. The number of phenols is 2. The molecule has 0 aliphatic rings. The van der Waals surface area contributed by atoms with Gasteiger partial charge in [-0.2, -0.15) is 0 Å². The van der Waals surface area contributed by atoms with Gasteiger partial charge in [0.2, 0.25) is 11.5 Å². The summed E-state index contributed by atoms with van der Waals surface area (Å²) >= 11 is 0. The van der Waals surface area contributed by atoms with Gasteiger partial charge in [-0.05, 0) is 71.8 Å². The van der Waals surface area contributed by atoms with Crippen molar-refractivity contribution in [1.29, 1.82) is 0 Å². The maximum absolute atomic E-state index is 10.6. The van der Waals surface area contributed by atoms with E-state index in [9.17, 15) is 10.2 Å². The fraction of sp³-hybridized carbons (Fsp3) is 0.357. The van der Waals surface area contributed by atoms with Crippen LogP contribution in [0.1, 0.15) is 42.9 Å². The monoisotopic (exact) mass is 482 g/mol. The minimum atomic E-state index is -0.0534. The first-order valence-electron chi connectivity index (χ1n) is 11.5. The van der Waals surface area contributed by atoms with Gasteiger partial charge in [0.15, 0.2) is 34.5 Å². The molecule has 0 aliphatic carbocycles. The molecule has 0 fully saturated rings. The molecular formula is C28H34O7. The lowest BCUT2D eigenvalue weighted by atomic mass is 9.93. The molecule has 0 amide bonds. The van der Waals surface area contributed by atoms with E-state index in [1.807, 2.05) is 42.5 Å². The Balaban J connectivity index is 1.86. The van der Waals surface area contributed by atoms with Crippen LogP contribution in [0, 0.1) is 0 Å². The van der Waals surface area contributed by atoms with Crippen LogP contribution in [0.3, 0.4) is 0 Å². The number of benzene rings is 3. The number of aryl methyl sites for hydroxylation is 1. The molecule has 0 saturated heterocycles. The Morgan fingerprint density at radius 2 is 1.17 bits per heavy atom. The first kappa shape index (κ1) is 25.9. The van der Waals surface area contributed by atoms with Gasteiger partial charge < -0.3 is 33.9 Å². The number of hydrogen-bond acceptors (Lipinski definition) is 7. The SMILES string of the molecule is CCCc1cc(OC)c(O)c(Oc2ccc(CC(C)c3cc(OC)c(O)c(OC)c3)cc2OC)c1. The number of ether oxygens (including phenoxy) is 5. The zero-order chi connectivity index (χ0) is 25.5. The van der Waals surface area contributed by atoms with Crippen LogP contribution in [0.25, 0.3) is 0 Å². The highest BCUT2D eigenvalue weighted by atomic mass is 16.5. The van der Waals surface area contributed by atoms with Crippen LogP contribution in [0.15, 0.2) is 42.5 Å². The number of methoxy groups -OCH3 is 4. The molecule has 7 nitrogen and oxygen atoms in total. The fourth-order valence-corrected chi connectivity index (χ4v) is 4.01. The van der Waals surface area contributed by atoms with E-state index >= 15 is 0 Å². The Kier molecular flexibility index (Phi) is 8.58. The Morgan fingerprint density at radius 1 is 0.657 bits per heavy atom. The second-order valence-electron chi connectivity index (χ2n) is 8.36. The maximum atomic E-state index is 10.6. The summed E-state index contributed by atoms with van der Waals surface area (Å²) in [5.74, 6) is 2.50. The first-order chi connectivity index (χ1) is 16.8. The number of hydrogen-bond donors (Lipinski definition) is 2. The highest BCUT2D eigenvalue weighted by Gasteiger charge is 2.18. The van der Waals surface area contributed by atoms with Crippen molar-refractivity contribution >= 4 is 0 Å². The standard InChI is InChI=1S/C28H34O7/c1-7-8-18-13-23(32-4)28(30)26(14-18)35-21-10-9-19(12-22(21)31-3)11-17(2)20-15-24(33-5)27(29)25(16-20)34-6/h9-10,12-17,29-30H,7-8,11H2,1-6H3. The number of phenolic OH excluding ortho intramolecular Hbond substituents is 2. The third-order valence-electron chi connectivity index (χ3n) is 5.92. The van der Waals surface area contributed by atoms with Crippen molar-refractivity contribution in [3.63, 3.8) is 0 Å². The minimum Gasteiger partial charge on any atom is -0.502 e. The molecule has 1 unspecified atom stereocenters. The second-order valence-corrected chi connectivity index (χ2v) is 8.36. The van der Waals surface area contributed by atoms with Crippen molar-refractivity contribution in [3.05, 3.63) is 59.2 Å². The van der Waals surface area contributed by atoms with E-state index in [4.69, 9.17) is 23.7 Å². The Bertz CT molecular complexity index is 1130.